The Morgan fingerprint density at radius 1 is 1.20 bits per heavy atom. The SMILES string of the molecule is CC(C)(C)Nn1cnnc1. The summed E-state index contributed by atoms with van der Waals surface area (Å²) in [7, 11) is 0. The molecule has 0 saturated heterocycles. The second-order valence-corrected chi connectivity index (χ2v) is 3.23. The van der Waals surface area contributed by atoms with Crippen molar-refractivity contribution in [3.05, 3.63) is 12.7 Å². The molecular formula is C6H12N4. The highest BCUT2D eigenvalue weighted by atomic mass is 15.5. The normalized spacial score (nSPS) is 11.5. The molecule has 0 atom stereocenters. The van der Waals surface area contributed by atoms with Gasteiger partial charge in [-0.3, -0.25) is 0 Å². The van der Waals surface area contributed by atoms with E-state index in [1.54, 1.807) is 17.3 Å². The Morgan fingerprint density at radius 2 is 1.70 bits per heavy atom. The van der Waals surface area contributed by atoms with Gasteiger partial charge in [0.15, 0.2) is 0 Å². The maximum atomic E-state index is 3.66. The summed E-state index contributed by atoms with van der Waals surface area (Å²) in [6, 6.07) is 0. The fraction of sp³-hybridized carbons (Fsp3) is 0.667. The summed E-state index contributed by atoms with van der Waals surface area (Å²) in [5, 5.41) is 7.31. The van der Waals surface area contributed by atoms with Gasteiger partial charge in [-0.25, -0.2) is 4.68 Å². The van der Waals surface area contributed by atoms with E-state index < -0.39 is 0 Å². The number of rotatable bonds is 1. The standard InChI is InChI=1S/C6H12N4/c1-6(2,3)9-10-4-7-8-5-10/h4-5,9H,1-3H3. The minimum absolute atomic E-state index is 0.0579. The van der Waals surface area contributed by atoms with Gasteiger partial charge < -0.3 is 5.43 Å². The van der Waals surface area contributed by atoms with E-state index in [1.165, 1.54) is 0 Å². The fourth-order valence-electron chi connectivity index (χ4n) is 0.646. The molecule has 0 aliphatic heterocycles. The molecule has 10 heavy (non-hydrogen) atoms. The molecule has 0 amide bonds. The van der Waals surface area contributed by atoms with Crippen LogP contribution < -0.4 is 5.43 Å². The third-order valence-electron chi connectivity index (χ3n) is 0.883. The molecule has 0 fully saturated rings. The molecule has 4 nitrogen and oxygen atoms in total. The van der Waals surface area contributed by atoms with Gasteiger partial charge in [0.05, 0.1) is 0 Å². The molecule has 0 bridgehead atoms. The minimum atomic E-state index is 0.0579. The zero-order valence-corrected chi connectivity index (χ0v) is 6.50. The third kappa shape index (κ3) is 2.05. The van der Waals surface area contributed by atoms with E-state index >= 15 is 0 Å². The van der Waals surface area contributed by atoms with Crippen LogP contribution in [0.5, 0.6) is 0 Å². The highest BCUT2D eigenvalue weighted by Crippen LogP contribution is 1.99. The molecule has 0 radical (unpaired) electrons. The Kier molecular flexibility index (Phi) is 1.61. The van der Waals surface area contributed by atoms with Crippen molar-refractivity contribution < 1.29 is 0 Å². The molecule has 0 saturated carbocycles. The summed E-state index contributed by atoms with van der Waals surface area (Å²) in [6.07, 6.45) is 3.26. The molecule has 0 aliphatic carbocycles. The zero-order valence-electron chi connectivity index (χ0n) is 6.50. The quantitative estimate of drug-likeness (QED) is 0.621. The molecule has 4 heteroatoms. The summed E-state index contributed by atoms with van der Waals surface area (Å²) in [6.45, 7) is 6.23. The van der Waals surface area contributed by atoms with Gasteiger partial charge in [-0.05, 0) is 20.8 Å². The second kappa shape index (κ2) is 2.28. The number of nitrogens with zero attached hydrogens (tertiary/aromatic N) is 3. The van der Waals surface area contributed by atoms with E-state index in [2.05, 4.69) is 36.4 Å². The van der Waals surface area contributed by atoms with Gasteiger partial charge in [-0.2, -0.15) is 0 Å². The van der Waals surface area contributed by atoms with Gasteiger partial charge in [-0.15, -0.1) is 10.2 Å². The van der Waals surface area contributed by atoms with Crippen LogP contribution in [0.1, 0.15) is 20.8 Å². The zero-order chi connectivity index (χ0) is 7.61. The molecular weight excluding hydrogens is 128 g/mol. The first-order valence-corrected chi connectivity index (χ1v) is 3.21. The molecule has 1 aromatic rings. The Labute approximate surface area is 60.2 Å². The molecule has 0 spiro atoms. The average Bonchev–Trinajstić information content (AvgIpc) is 2.12. The molecule has 0 aliphatic rings. The molecule has 1 heterocycles. The van der Waals surface area contributed by atoms with Gasteiger partial charge >= 0.3 is 0 Å². The molecule has 0 unspecified atom stereocenters. The highest BCUT2D eigenvalue weighted by Gasteiger charge is 2.07. The summed E-state index contributed by atoms with van der Waals surface area (Å²) in [5.41, 5.74) is 3.21. The third-order valence-corrected chi connectivity index (χ3v) is 0.883. The van der Waals surface area contributed by atoms with Crippen LogP contribution in [0.4, 0.5) is 0 Å². The summed E-state index contributed by atoms with van der Waals surface area (Å²) in [5.74, 6) is 0. The second-order valence-electron chi connectivity index (χ2n) is 3.23. The van der Waals surface area contributed by atoms with Gasteiger partial charge in [0.25, 0.3) is 0 Å². The molecule has 0 aromatic carbocycles. The van der Waals surface area contributed by atoms with Crippen LogP contribution in [0.15, 0.2) is 12.7 Å². The Bertz CT molecular complexity index is 184. The maximum Gasteiger partial charge on any atom is 0.138 e. The Morgan fingerprint density at radius 3 is 2.10 bits per heavy atom. The lowest BCUT2D eigenvalue weighted by atomic mass is 10.1. The lowest BCUT2D eigenvalue weighted by Crippen LogP contribution is -2.33. The largest absolute Gasteiger partial charge is 0.318 e. The smallest absolute Gasteiger partial charge is 0.138 e. The van der Waals surface area contributed by atoms with Gasteiger partial charge in [0.1, 0.15) is 12.7 Å². The Hall–Kier alpha value is -1.06. The van der Waals surface area contributed by atoms with Crippen molar-refractivity contribution >= 4 is 0 Å². The molecule has 1 rings (SSSR count). The minimum Gasteiger partial charge on any atom is -0.318 e. The lowest BCUT2D eigenvalue weighted by Gasteiger charge is -2.21. The van der Waals surface area contributed by atoms with E-state index in [4.69, 9.17) is 0 Å². The van der Waals surface area contributed by atoms with Crippen molar-refractivity contribution in [2.24, 2.45) is 0 Å². The van der Waals surface area contributed by atoms with Gasteiger partial charge in [-0.1, -0.05) is 0 Å². The molecule has 1 N–H and O–H groups in total. The highest BCUT2D eigenvalue weighted by molar-refractivity contribution is 4.86. The molecule has 56 valence electrons. The first-order chi connectivity index (χ1) is 4.58. The fourth-order valence-corrected chi connectivity index (χ4v) is 0.646. The van der Waals surface area contributed by atoms with Crippen LogP contribution in [0.25, 0.3) is 0 Å². The van der Waals surface area contributed by atoms with Crippen molar-refractivity contribution in [2.45, 2.75) is 26.3 Å². The van der Waals surface area contributed by atoms with E-state index in [-0.39, 0.29) is 5.54 Å². The summed E-state index contributed by atoms with van der Waals surface area (Å²) < 4.78 is 1.74. The first-order valence-electron chi connectivity index (χ1n) is 3.21. The van der Waals surface area contributed by atoms with Crippen LogP contribution >= 0.6 is 0 Å². The van der Waals surface area contributed by atoms with Gasteiger partial charge in [0.2, 0.25) is 0 Å². The van der Waals surface area contributed by atoms with Gasteiger partial charge in [0, 0.05) is 5.54 Å². The topological polar surface area (TPSA) is 42.7 Å². The predicted octanol–water partition coefficient (Wildman–Crippen LogP) is 0.620. The van der Waals surface area contributed by atoms with Crippen molar-refractivity contribution in [3.63, 3.8) is 0 Å². The van der Waals surface area contributed by atoms with E-state index in [1.807, 2.05) is 0 Å². The van der Waals surface area contributed by atoms with Crippen LogP contribution in [-0.4, -0.2) is 20.4 Å². The monoisotopic (exact) mass is 140 g/mol. The summed E-state index contributed by atoms with van der Waals surface area (Å²) in [4.78, 5) is 0. The van der Waals surface area contributed by atoms with E-state index in [0.29, 0.717) is 0 Å². The van der Waals surface area contributed by atoms with Crippen LogP contribution in [0, 0.1) is 0 Å². The lowest BCUT2D eigenvalue weighted by molar-refractivity contribution is 0.553. The number of hydrogen-bond donors (Lipinski definition) is 1. The number of aromatic nitrogens is 3. The van der Waals surface area contributed by atoms with E-state index in [0.717, 1.165) is 0 Å². The van der Waals surface area contributed by atoms with Crippen molar-refractivity contribution in [1.82, 2.24) is 14.9 Å². The van der Waals surface area contributed by atoms with Crippen LogP contribution in [0.2, 0.25) is 0 Å². The average molecular weight is 140 g/mol. The van der Waals surface area contributed by atoms with E-state index in [9.17, 15) is 0 Å². The van der Waals surface area contributed by atoms with Crippen molar-refractivity contribution in [1.29, 1.82) is 0 Å². The number of hydrogen-bond acceptors (Lipinski definition) is 3. The predicted molar refractivity (Wildman–Crippen MR) is 39.1 cm³/mol. The molecule has 1 aromatic heterocycles. The van der Waals surface area contributed by atoms with Crippen LogP contribution in [-0.2, 0) is 0 Å². The summed E-state index contributed by atoms with van der Waals surface area (Å²) >= 11 is 0. The van der Waals surface area contributed by atoms with Crippen LogP contribution in [0.3, 0.4) is 0 Å². The Balaban J connectivity index is 2.57. The van der Waals surface area contributed by atoms with Crippen molar-refractivity contribution in [3.8, 4) is 0 Å². The van der Waals surface area contributed by atoms with Crippen molar-refractivity contribution in [2.75, 3.05) is 5.43 Å². The maximum absolute atomic E-state index is 3.66. The first kappa shape index (κ1) is 7.05. The number of nitrogens with one attached hydrogen (secondary N) is 1.